The van der Waals surface area contributed by atoms with Gasteiger partial charge in [0.15, 0.2) is 5.69 Å². The number of carbonyl (C=O) groups is 1. The summed E-state index contributed by atoms with van der Waals surface area (Å²) < 4.78 is 54.3. The quantitative estimate of drug-likeness (QED) is 0.451. The molecule has 0 aliphatic carbocycles. The highest BCUT2D eigenvalue weighted by molar-refractivity contribution is 6.37. The molecule has 11 heteroatoms. The van der Waals surface area contributed by atoms with Crippen LogP contribution in [0.2, 0.25) is 15.1 Å². The van der Waals surface area contributed by atoms with Crippen molar-refractivity contribution in [2.24, 2.45) is 7.05 Å². The number of hydrogen-bond donors (Lipinski definition) is 1. The molecule has 0 aliphatic heterocycles. The van der Waals surface area contributed by atoms with E-state index in [1.54, 1.807) is 0 Å². The van der Waals surface area contributed by atoms with Crippen molar-refractivity contribution in [2.75, 3.05) is 5.32 Å². The van der Waals surface area contributed by atoms with Crippen LogP contribution >= 0.6 is 34.8 Å². The summed E-state index contributed by atoms with van der Waals surface area (Å²) in [6.07, 6.45) is -3.92. The molecule has 1 amide bonds. The maximum Gasteiger partial charge on any atom is 0.435 e. The summed E-state index contributed by atoms with van der Waals surface area (Å²) in [6, 6.07) is 6.31. The number of alkyl halides is 3. The Hall–Kier alpha value is -2.29. The molecular weight excluding hydrogens is 457 g/mol. The lowest BCUT2D eigenvalue weighted by Gasteiger charge is -2.15. The van der Waals surface area contributed by atoms with E-state index in [-0.39, 0.29) is 26.9 Å². The smallest absolute Gasteiger partial charge is 0.320 e. The van der Waals surface area contributed by atoms with E-state index in [1.165, 1.54) is 25.2 Å². The Labute approximate surface area is 177 Å². The minimum absolute atomic E-state index is 0.0717. The maximum absolute atomic E-state index is 14.0. The normalized spacial score (nSPS) is 11.6. The molecule has 1 aromatic heterocycles. The molecule has 0 saturated heterocycles. The largest absolute Gasteiger partial charge is 0.435 e. The van der Waals surface area contributed by atoms with Gasteiger partial charge in [0.2, 0.25) is 0 Å². The first kappa shape index (κ1) is 21.4. The third kappa shape index (κ3) is 4.49. The van der Waals surface area contributed by atoms with Crippen LogP contribution in [0.3, 0.4) is 0 Å². The molecule has 3 aromatic rings. The van der Waals surface area contributed by atoms with Crippen molar-refractivity contribution in [3.8, 4) is 11.1 Å². The van der Waals surface area contributed by atoms with Crippen LogP contribution < -0.4 is 5.32 Å². The van der Waals surface area contributed by atoms with Gasteiger partial charge in [-0.25, -0.2) is 4.39 Å². The summed E-state index contributed by atoms with van der Waals surface area (Å²) in [5.41, 5.74) is -1.84. The van der Waals surface area contributed by atoms with E-state index < -0.39 is 29.2 Å². The van der Waals surface area contributed by atoms with Crippen LogP contribution in [0, 0.1) is 5.82 Å². The zero-order chi connectivity index (χ0) is 21.5. The van der Waals surface area contributed by atoms with Crippen molar-refractivity contribution in [2.45, 2.75) is 6.18 Å². The van der Waals surface area contributed by atoms with E-state index in [0.29, 0.717) is 5.02 Å². The van der Waals surface area contributed by atoms with Gasteiger partial charge in [0.25, 0.3) is 5.91 Å². The number of hydrogen-bond acceptors (Lipinski definition) is 2. The molecule has 0 aliphatic rings. The molecule has 0 fully saturated rings. The lowest BCUT2D eigenvalue weighted by atomic mass is 10.0. The molecule has 0 atom stereocenters. The maximum atomic E-state index is 14.0. The fourth-order valence-corrected chi connectivity index (χ4v) is 3.43. The van der Waals surface area contributed by atoms with Crippen LogP contribution in [0.1, 0.15) is 16.1 Å². The van der Waals surface area contributed by atoms with Gasteiger partial charge in [-0.2, -0.15) is 18.3 Å². The number of carbonyl (C=O) groups excluding carboxylic acids is 1. The van der Waals surface area contributed by atoms with Crippen molar-refractivity contribution >= 4 is 46.4 Å². The zero-order valence-corrected chi connectivity index (χ0v) is 16.7. The number of amides is 1. The van der Waals surface area contributed by atoms with E-state index in [0.717, 1.165) is 23.0 Å². The first-order valence-corrected chi connectivity index (χ1v) is 8.97. The average Bonchev–Trinajstić information content (AvgIpc) is 2.99. The summed E-state index contributed by atoms with van der Waals surface area (Å²) in [5, 5.41) is 5.82. The number of halogens is 7. The van der Waals surface area contributed by atoms with Gasteiger partial charge in [-0.3, -0.25) is 9.48 Å². The number of aryl methyl sites for hydroxylation is 1. The number of aromatic nitrogens is 2. The standard InChI is InChI=1S/C18H10Cl3F4N3O/c1-28-7-12(16(27-28)18(23,24)25)17(29)26-15-11(5-9(22)6-14(15)21)10-3-2-8(19)4-13(10)20/h2-7H,1H3,(H,26,29). The molecular formula is C18H10Cl3F4N3O. The molecule has 1 heterocycles. The second kappa shape index (κ2) is 7.85. The fourth-order valence-electron chi connectivity index (χ4n) is 2.67. The predicted octanol–water partition coefficient (Wildman–Crippen LogP) is 6.46. The Morgan fingerprint density at radius 1 is 1.07 bits per heavy atom. The highest BCUT2D eigenvalue weighted by Gasteiger charge is 2.39. The van der Waals surface area contributed by atoms with Gasteiger partial charge in [0.05, 0.1) is 16.3 Å². The average molecular weight is 467 g/mol. The molecule has 4 nitrogen and oxygen atoms in total. The molecule has 0 saturated carbocycles. The van der Waals surface area contributed by atoms with Crippen LogP contribution in [0.4, 0.5) is 23.2 Å². The van der Waals surface area contributed by atoms with Gasteiger partial charge in [0.1, 0.15) is 5.82 Å². The van der Waals surface area contributed by atoms with Crippen LogP contribution in [-0.2, 0) is 13.2 Å². The van der Waals surface area contributed by atoms with Gasteiger partial charge in [0, 0.05) is 34.4 Å². The third-order valence-electron chi connectivity index (χ3n) is 3.86. The van der Waals surface area contributed by atoms with Gasteiger partial charge in [-0.05, 0) is 24.3 Å². The van der Waals surface area contributed by atoms with E-state index in [1.807, 2.05) is 0 Å². The Morgan fingerprint density at radius 2 is 1.76 bits per heavy atom. The van der Waals surface area contributed by atoms with Crippen molar-refractivity contribution in [3.63, 3.8) is 0 Å². The second-order valence-corrected chi connectivity index (χ2v) is 7.20. The summed E-state index contributed by atoms with van der Waals surface area (Å²) >= 11 is 18.1. The summed E-state index contributed by atoms with van der Waals surface area (Å²) in [4.78, 5) is 12.6. The molecule has 1 N–H and O–H groups in total. The van der Waals surface area contributed by atoms with Crippen molar-refractivity contribution in [3.05, 3.63) is 68.7 Å². The van der Waals surface area contributed by atoms with Gasteiger partial charge in [-0.1, -0.05) is 40.9 Å². The molecule has 29 heavy (non-hydrogen) atoms. The lowest BCUT2D eigenvalue weighted by molar-refractivity contribution is -0.141. The number of anilines is 1. The third-order valence-corrected chi connectivity index (χ3v) is 4.70. The van der Waals surface area contributed by atoms with E-state index >= 15 is 0 Å². The van der Waals surface area contributed by atoms with Crippen LogP contribution in [0.25, 0.3) is 11.1 Å². The molecule has 0 unspecified atom stereocenters. The number of nitrogens with zero attached hydrogens (tertiary/aromatic N) is 2. The Balaban J connectivity index is 2.10. The van der Waals surface area contributed by atoms with Crippen LogP contribution in [0.15, 0.2) is 36.5 Å². The minimum Gasteiger partial charge on any atom is -0.320 e. The Morgan fingerprint density at radius 3 is 2.38 bits per heavy atom. The Kier molecular flexibility index (Phi) is 5.80. The summed E-state index contributed by atoms with van der Waals surface area (Å²) in [5.74, 6) is -1.85. The highest BCUT2D eigenvalue weighted by atomic mass is 35.5. The molecule has 152 valence electrons. The number of nitrogens with one attached hydrogen (secondary N) is 1. The van der Waals surface area contributed by atoms with Gasteiger partial charge < -0.3 is 5.32 Å². The van der Waals surface area contributed by atoms with Crippen LogP contribution in [-0.4, -0.2) is 15.7 Å². The monoisotopic (exact) mass is 465 g/mol. The zero-order valence-electron chi connectivity index (χ0n) is 14.4. The van der Waals surface area contributed by atoms with Gasteiger partial charge >= 0.3 is 6.18 Å². The van der Waals surface area contributed by atoms with E-state index in [2.05, 4.69) is 10.4 Å². The van der Waals surface area contributed by atoms with Crippen molar-refractivity contribution in [1.82, 2.24) is 9.78 Å². The van der Waals surface area contributed by atoms with Crippen molar-refractivity contribution < 1.29 is 22.4 Å². The minimum atomic E-state index is -4.84. The molecule has 0 radical (unpaired) electrons. The van der Waals surface area contributed by atoms with Crippen molar-refractivity contribution in [1.29, 1.82) is 0 Å². The molecule has 3 rings (SSSR count). The summed E-state index contributed by atoms with van der Waals surface area (Å²) in [7, 11) is 1.25. The lowest BCUT2D eigenvalue weighted by Crippen LogP contribution is -2.18. The Bertz CT molecular complexity index is 1110. The van der Waals surface area contributed by atoms with E-state index in [9.17, 15) is 22.4 Å². The first-order valence-electron chi connectivity index (χ1n) is 7.84. The fraction of sp³-hybridized carbons (Fsp3) is 0.111. The highest BCUT2D eigenvalue weighted by Crippen LogP contribution is 2.40. The van der Waals surface area contributed by atoms with Crippen LogP contribution in [0.5, 0.6) is 0 Å². The number of rotatable bonds is 3. The molecule has 0 spiro atoms. The topological polar surface area (TPSA) is 46.9 Å². The molecule has 2 aromatic carbocycles. The molecule has 0 bridgehead atoms. The second-order valence-electron chi connectivity index (χ2n) is 5.95. The first-order chi connectivity index (χ1) is 13.5. The van der Waals surface area contributed by atoms with E-state index in [4.69, 9.17) is 34.8 Å². The SMILES string of the molecule is Cn1cc(C(=O)Nc2c(Cl)cc(F)cc2-c2ccc(Cl)cc2Cl)c(C(F)(F)F)n1. The predicted molar refractivity (Wildman–Crippen MR) is 103 cm³/mol. The number of benzene rings is 2. The summed E-state index contributed by atoms with van der Waals surface area (Å²) in [6.45, 7) is 0. The van der Waals surface area contributed by atoms with Gasteiger partial charge in [-0.15, -0.1) is 0 Å².